The van der Waals surface area contributed by atoms with Crippen LogP contribution in [0.4, 0.5) is 0 Å². The van der Waals surface area contributed by atoms with E-state index in [2.05, 4.69) is 73.8 Å². The Hall–Kier alpha value is -1.16. The molecule has 0 spiro atoms. The first-order chi connectivity index (χ1) is 10.4. The topological polar surface area (TPSA) is 18.5 Å². The quantitative estimate of drug-likeness (QED) is 0.844. The monoisotopic (exact) mass is 301 g/mol. The number of nitrogens with one attached hydrogen (secondary N) is 1. The molecule has 1 aliphatic heterocycles. The van der Waals surface area contributed by atoms with Crippen LogP contribution in [-0.4, -0.2) is 49.6 Å². The number of hydrogen-bond acceptors (Lipinski definition) is 3. The number of benzene rings is 1. The molecular formula is C19H31N3. The molecule has 1 aliphatic rings. The van der Waals surface area contributed by atoms with Crippen molar-refractivity contribution < 1.29 is 0 Å². The van der Waals surface area contributed by atoms with Crippen LogP contribution in [0.5, 0.6) is 0 Å². The van der Waals surface area contributed by atoms with E-state index in [9.17, 15) is 0 Å². The first kappa shape index (κ1) is 17.2. The van der Waals surface area contributed by atoms with Gasteiger partial charge in [0.2, 0.25) is 0 Å². The molecule has 1 saturated heterocycles. The summed E-state index contributed by atoms with van der Waals surface area (Å²) in [6.07, 6.45) is 2.22. The highest BCUT2D eigenvalue weighted by Crippen LogP contribution is 2.25. The van der Waals surface area contributed by atoms with Crippen molar-refractivity contribution in [2.45, 2.75) is 32.4 Å². The molecule has 1 heterocycles. The minimum atomic E-state index is 0.205. The van der Waals surface area contributed by atoms with Gasteiger partial charge in [-0.2, -0.15) is 0 Å². The molecule has 22 heavy (non-hydrogen) atoms. The third-order valence-electron chi connectivity index (χ3n) is 4.45. The molecular weight excluding hydrogens is 270 g/mol. The summed E-state index contributed by atoms with van der Waals surface area (Å²) in [5.41, 5.74) is 2.94. The normalized spacial score (nSPS) is 19.1. The molecule has 1 aromatic rings. The second kappa shape index (κ2) is 7.40. The highest BCUT2D eigenvalue weighted by atomic mass is 15.3. The SMILES string of the molecule is C=CCNC(c1ccc(C(C)(C)C)cc1)N1CCN(C)CC1. The molecule has 1 unspecified atom stereocenters. The van der Waals surface area contributed by atoms with Crippen LogP contribution in [0.3, 0.4) is 0 Å². The Labute approximate surface area is 136 Å². The fourth-order valence-electron chi connectivity index (χ4n) is 2.90. The highest BCUT2D eigenvalue weighted by molar-refractivity contribution is 5.29. The van der Waals surface area contributed by atoms with Crippen LogP contribution in [0.1, 0.15) is 38.1 Å². The average Bonchev–Trinajstić information content (AvgIpc) is 2.49. The number of hydrogen-bond donors (Lipinski definition) is 1. The van der Waals surface area contributed by atoms with Crippen molar-refractivity contribution >= 4 is 0 Å². The first-order valence-corrected chi connectivity index (χ1v) is 8.29. The van der Waals surface area contributed by atoms with Gasteiger partial charge in [0.25, 0.3) is 0 Å². The molecule has 0 aromatic heterocycles. The maximum atomic E-state index is 3.84. The fraction of sp³-hybridized carbons (Fsp3) is 0.579. The van der Waals surface area contributed by atoms with Crippen molar-refractivity contribution in [2.24, 2.45) is 0 Å². The van der Waals surface area contributed by atoms with Crippen LogP contribution >= 0.6 is 0 Å². The molecule has 1 N–H and O–H groups in total. The van der Waals surface area contributed by atoms with Gasteiger partial charge in [-0.05, 0) is 23.6 Å². The predicted octanol–water partition coefficient (Wildman–Crippen LogP) is 3.01. The number of piperazine rings is 1. The van der Waals surface area contributed by atoms with Crippen LogP contribution in [-0.2, 0) is 5.41 Å². The standard InChI is InChI=1S/C19H31N3/c1-6-11-20-18(22-14-12-21(5)13-15-22)16-7-9-17(10-8-16)19(2,3)4/h6-10,18,20H,1,11-15H2,2-5H3. The van der Waals surface area contributed by atoms with Crippen LogP contribution < -0.4 is 5.32 Å². The average molecular weight is 301 g/mol. The lowest BCUT2D eigenvalue weighted by atomic mass is 9.86. The molecule has 0 amide bonds. The molecule has 2 rings (SSSR count). The third kappa shape index (κ3) is 4.42. The van der Waals surface area contributed by atoms with Crippen molar-refractivity contribution in [1.82, 2.24) is 15.1 Å². The van der Waals surface area contributed by atoms with Gasteiger partial charge in [-0.25, -0.2) is 0 Å². The van der Waals surface area contributed by atoms with Crippen LogP contribution in [0.15, 0.2) is 36.9 Å². The summed E-state index contributed by atoms with van der Waals surface area (Å²) < 4.78 is 0. The Bertz CT molecular complexity index is 464. The van der Waals surface area contributed by atoms with Crippen molar-refractivity contribution in [3.63, 3.8) is 0 Å². The molecule has 3 nitrogen and oxygen atoms in total. The molecule has 1 atom stereocenters. The van der Waals surface area contributed by atoms with E-state index in [1.54, 1.807) is 0 Å². The van der Waals surface area contributed by atoms with Crippen molar-refractivity contribution in [1.29, 1.82) is 0 Å². The zero-order valence-electron chi connectivity index (χ0n) is 14.6. The molecule has 0 radical (unpaired) electrons. The Balaban J connectivity index is 2.16. The molecule has 0 saturated carbocycles. The van der Waals surface area contributed by atoms with E-state index >= 15 is 0 Å². The molecule has 3 heteroatoms. The van der Waals surface area contributed by atoms with E-state index in [4.69, 9.17) is 0 Å². The van der Waals surface area contributed by atoms with E-state index in [0.717, 1.165) is 32.7 Å². The number of likely N-dealkylation sites (N-methyl/N-ethyl adjacent to an activating group) is 1. The maximum Gasteiger partial charge on any atom is 0.0864 e. The van der Waals surface area contributed by atoms with Gasteiger partial charge in [0.05, 0.1) is 6.17 Å². The van der Waals surface area contributed by atoms with E-state index < -0.39 is 0 Å². The van der Waals surface area contributed by atoms with Gasteiger partial charge < -0.3 is 4.90 Å². The molecule has 122 valence electrons. The Morgan fingerprint density at radius 2 is 1.73 bits per heavy atom. The summed E-state index contributed by atoms with van der Waals surface area (Å²) in [6, 6.07) is 9.10. The van der Waals surface area contributed by atoms with Gasteiger partial charge in [0.1, 0.15) is 0 Å². The summed E-state index contributed by atoms with van der Waals surface area (Å²) in [7, 11) is 2.20. The van der Waals surface area contributed by atoms with E-state index in [1.807, 2.05) is 6.08 Å². The second-order valence-corrected chi connectivity index (χ2v) is 7.31. The van der Waals surface area contributed by atoms with Gasteiger partial charge in [-0.15, -0.1) is 6.58 Å². The van der Waals surface area contributed by atoms with Crippen LogP contribution in [0, 0.1) is 0 Å². The fourth-order valence-corrected chi connectivity index (χ4v) is 2.90. The molecule has 1 aromatic carbocycles. The summed E-state index contributed by atoms with van der Waals surface area (Å²) in [5.74, 6) is 0. The van der Waals surface area contributed by atoms with Gasteiger partial charge in [0.15, 0.2) is 0 Å². The van der Waals surface area contributed by atoms with E-state index in [-0.39, 0.29) is 11.6 Å². The Kier molecular flexibility index (Phi) is 5.79. The number of nitrogens with zero attached hydrogens (tertiary/aromatic N) is 2. The lowest BCUT2D eigenvalue weighted by Crippen LogP contribution is -2.49. The summed E-state index contributed by atoms with van der Waals surface area (Å²) >= 11 is 0. The minimum Gasteiger partial charge on any atom is -0.304 e. The molecule has 0 aliphatic carbocycles. The molecule has 1 fully saturated rings. The lowest BCUT2D eigenvalue weighted by molar-refractivity contribution is 0.0959. The van der Waals surface area contributed by atoms with Gasteiger partial charge in [-0.1, -0.05) is 51.1 Å². The predicted molar refractivity (Wildman–Crippen MR) is 95.2 cm³/mol. The second-order valence-electron chi connectivity index (χ2n) is 7.31. The Morgan fingerprint density at radius 1 is 1.14 bits per heavy atom. The van der Waals surface area contributed by atoms with Crippen LogP contribution in [0.25, 0.3) is 0 Å². The summed E-state index contributed by atoms with van der Waals surface area (Å²) in [4.78, 5) is 4.93. The highest BCUT2D eigenvalue weighted by Gasteiger charge is 2.23. The van der Waals surface area contributed by atoms with Gasteiger partial charge in [-0.3, -0.25) is 10.2 Å². The smallest absolute Gasteiger partial charge is 0.0864 e. The number of rotatable bonds is 5. The summed E-state index contributed by atoms with van der Waals surface area (Å²) in [6.45, 7) is 15.9. The van der Waals surface area contributed by atoms with Gasteiger partial charge >= 0.3 is 0 Å². The minimum absolute atomic E-state index is 0.205. The van der Waals surface area contributed by atoms with Crippen molar-refractivity contribution in [3.05, 3.63) is 48.0 Å². The van der Waals surface area contributed by atoms with E-state index in [0.29, 0.717) is 0 Å². The zero-order valence-corrected chi connectivity index (χ0v) is 14.6. The summed E-state index contributed by atoms with van der Waals surface area (Å²) in [5, 5.41) is 3.62. The third-order valence-corrected chi connectivity index (χ3v) is 4.45. The van der Waals surface area contributed by atoms with Crippen molar-refractivity contribution in [3.8, 4) is 0 Å². The zero-order chi connectivity index (χ0) is 16.2. The van der Waals surface area contributed by atoms with Crippen molar-refractivity contribution in [2.75, 3.05) is 39.8 Å². The van der Waals surface area contributed by atoms with E-state index in [1.165, 1.54) is 11.1 Å². The Morgan fingerprint density at radius 3 is 2.23 bits per heavy atom. The molecule has 0 bridgehead atoms. The first-order valence-electron chi connectivity index (χ1n) is 8.29. The lowest BCUT2D eigenvalue weighted by Gasteiger charge is -2.38. The van der Waals surface area contributed by atoms with Crippen LogP contribution in [0.2, 0.25) is 0 Å². The largest absolute Gasteiger partial charge is 0.304 e. The van der Waals surface area contributed by atoms with Gasteiger partial charge in [0, 0.05) is 32.7 Å². The maximum absolute atomic E-state index is 3.84.